The van der Waals surface area contributed by atoms with Crippen LogP contribution in [0.2, 0.25) is 0 Å². The van der Waals surface area contributed by atoms with E-state index in [0.29, 0.717) is 0 Å². The smallest absolute Gasteiger partial charge is 0.337 e. The Bertz CT molecular complexity index is 570. The number of primary sulfonamides is 1. The van der Waals surface area contributed by atoms with E-state index in [9.17, 15) is 26.4 Å². The van der Waals surface area contributed by atoms with Crippen LogP contribution < -0.4 is 15.8 Å². The molecule has 1 aromatic rings. The quantitative estimate of drug-likeness (QED) is 0.776. The third-order valence-corrected chi connectivity index (χ3v) is 2.92. The first-order chi connectivity index (χ1) is 9.08. The summed E-state index contributed by atoms with van der Waals surface area (Å²) in [6.45, 7) is -0.203. The number of halogens is 3. The van der Waals surface area contributed by atoms with Crippen LogP contribution in [0.15, 0.2) is 24.3 Å². The lowest BCUT2D eigenvalue weighted by molar-refractivity contribution is -0.137. The maximum Gasteiger partial charge on any atom is 0.416 e. The molecule has 20 heavy (non-hydrogen) atoms. The minimum absolute atomic E-state index is 0.145. The monoisotopic (exact) mass is 311 g/mol. The predicted octanol–water partition coefficient (Wildman–Crippen LogP) is 1.12. The molecule has 2 amide bonds. The second-order valence-electron chi connectivity index (χ2n) is 3.82. The molecule has 0 radical (unpaired) electrons. The Morgan fingerprint density at radius 1 is 1.20 bits per heavy atom. The number of amides is 2. The molecule has 0 saturated carbocycles. The van der Waals surface area contributed by atoms with Crippen LogP contribution in [-0.2, 0) is 16.2 Å². The van der Waals surface area contributed by atoms with Crippen LogP contribution in [0.3, 0.4) is 0 Å². The molecule has 0 aliphatic rings. The average Bonchev–Trinajstić information content (AvgIpc) is 2.26. The van der Waals surface area contributed by atoms with E-state index in [4.69, 9.17) is 5.14 Å². The highest BCUT2D eigenvalue weighted by atomic mass is 32.2. The first-order valence-corrected chi connectivity index (χ1v) is 7.02. The summed E-state index contributed by atoms with van der Waals surface area (Å²) < 4.78 is 58.1. The fourth-order valence-electron chi connectivity index (χ4n) is 1.22. The molecular formula is C10H12F3N3O3S. The summed E-state index contributed by atoms with van der Waals surface area (Å²) in [5.41, 5.74) is -0.691. The summed E-state index contributed by atoms with van der Waals surface area (Å²) in [6, 6.07) is 3.07. The van der Waals surface area contributed by atoms with E-state index in [1.165, 1.54) is 0 Å². The Morgan fingerprint density at radius 3 is 2.20 bits per heavy atom. The number of anilines is 1. The standard InChI is InChI=1S/C10H12F3N3O3S/c11-10(12,13)7-1-3-8(4-2-7)16-9(17)15-5-6-20(14,18)19/h1-4H,5-6H2,(H2,14,18,19)(H2,15,16,17). The molecule has 0 heterocycles. The summed E-state index contributed by atoms with van der Waals surface area (Å²) in [5, 5.41) is 9.18. The lowest BCUT2D eigenvalue weighted by atomic mass is 10.2. The van der Waals surface area contributed by atoms with Crippen LogP contribution in [0.1, 0.15) is 5.56 Å². The van der Waals surface area contributed by atoms with Crippen molar-refractivity contribution in [3.8, 4) is 0 Å². The molecule has 10 heteroatoms. The zero-order valence-electron chi connectivity index (χ0n) is 10.1. The van der Waals surface area contributed by atoms with Gasteiger partial charge in [-0.15, -0.1) is 0 Å². The average molecular weight is 311 g/mol. The van der Waals surface area contributed by atoms with Crippen molar-refractivity contribution >= 4 is 21.7 Å². The van der Waals surface area contributed by atoms with Crippen LogP contribution in [0, 0.1) is 0 Å². The number of hydrogen-bond acceptors (Lipinski definition) is 3. The van der Waals surface area contributed by atoms with Gasteiger partial charge in [-0.05, 0) is 24.3 Å². The Kier molecular flexibility index (Phi) is 4.95. The highest BCUT2D eigenvalue weighted by Gasteiger charge is 2.29. The third kappa shape index (κ3) is 5.89. The first-order valence-electron chi connectivity index (χ1n) is 5.30. The van der Waals surface area contributed by atoms with Gasteiger partial charge in [0.15, 0.2) is 0 Å². The minimum Gasteiger partial charge on any atom is -0.337 e. The summed E-state index contributed by atoms with van der Waals surface area (Å²) in [6.07, 6.45) is -4.45. The number of rotatable bonds is 4. The molecular weight excluding hydrogens is 299 g/mol. The van der Waals surface area contributed by atoms with Crippen molar-refractivity contribution in [1.82, 2.24) is 5.32 Å². The summed E-state index contributed by atoms with van der Waals surface area (Å²) in [7, 11) is -3.68. The van der Waals surface area contributed by atoms with Crippen LogP contribution in [0.25, 0.3) is 0 Å². The molecule has 0 saturated heterocycles. The molecule has 0 fully saturated rings. The number of carbonyl (C=O) groups is 1. The van der Waals surface area contributed by atoms with Gasteiger partial charge in [0.25, 0.3) is 0 Å². The summed E-state index contributed by atoms with van der Waals surface area (Å²) >= 11 is 0. The van der Waals surface area contributed by atoms with E-state index in [1.807, 2.05) is 0 Å². The first kappa shape index (κ1) is 16.2. The fraction of sp³-hybridized carbons (Fsp3) is 0.300. The molecule has 0 unspecified atom stereocenters. The number of carbonyl (C=O) groups excluding carboxylic acids is 1. The maximum atomic E-state index is 12.3. The van der Waals surface area contributed by atoms with Crippen molar-refractivity contribution in [2.45, 2.75) is 6.18 Å². The van der Waals surface area contributed by atoms with Gasteiger partial charge in [-0.25, -0.2) is 18.4 Å². The largest absolute Gasteiger partial charge is 0.416 e. The Balaban J connectivity index is 2.51. The van der Waals surface area contributed by atoms with Crippen LogP contribution in [0.4, 0.5) is 23.7 Å². The van der Waals surface area contributed by atoms with Crippen LogP contribution >= 0.6 is 0 Å². The van der Waals surface area contributed by atoms with Gasteiger partial charge in [0.05, 0.1) is 11.3 Å². The number of nitrogens with one attached hydrogen (secondary N) is 2. The van der Waals surface area contributed by atoms with E-state index in [0.717, 1.165) is 24.3 Å². The van der Waals surface area contributed by atoms with E-state index >= 15 is 0 Å². The Morgan fingerprint density at radius 2 is 1.75 bits per heavy atom. The van der Waals surface area contributed by atoms with Gasteiger partial charge in [0, 0.05) is 12.2 Å². The summed E-state index contributed by atoms with van der Waals surface area (Å²) in [5.74, 6) is -0.437. The second kappa shape index (κ2) is 6.09. The van der Waals surface area contributed by atoms with E-state index in [2.05, 4.69) is 10.6 Å². The zero-order valence-corrected chi connectivity index (χ0v) is 10.9. The van der Waals surface area contributed by atoms with Crippen LogP contribution in [0.5, 0.6) is 0 Å². The zero-order chi connectivity index (χ0) is 15.4. The van der Waals surface area contributed by atoms with Crippen LogP contribution in [-0.4, -0.2) is 26.7 Å². The van der Waals surface area contributed by atoms with Crippen molar-refractivity contribution in [2.24, 2.45) is 5.14 Å². The molecule has 1 aromatic carbocycles. The van der Waals surface area contributed by atoms with Crippen molar-refractivity contribution in [2.75, 3.05) is 17.6 Å². The Hall–Kier alpha value is -1.81. The molecule has 0 aromatic heterocycles. The predicted molar refractivity (Wildman–Crippen MR) is 66.4 cm³/mol. The second-order valence-corrected chi connectivity index (χ2v) is 5.56. The normalized spacial score (nSPS) is 12.0. The van der Waals surface area contributed by atoms with E-state index in [1.54, 1.807) is 0 Å². The number of nitrogens with two attached hydrogens (primary N) is 1. The van der Waals surface area contributed by atoms with Gasteiger partial charge >= 0.3 is 12.2 Å². The van der Waals surface area contributed by atoms with Gasteiger partial charge in [0.2, 0.25) is 10.0 Å². The van der Waals surface area contributed by atoms with E-state index < -0.39 is 33.5 Å². The van der Waals surface area contributed by atoms with Gasteiger partial charge in [-0.2, -0.15) is 13.2 Å². The van der Waals surface area contributed by atoms with Gasteiger partial charge in [0.1, 0.15) is 0 Å². The SMILES string of the molecule is NS(=O)(=O)CCNC(=O)Nc1ccc(C(F)(F)F)cc1. The lowest BCUT2D eigenvalue weighted by Crippen LogP contribution is -2.34. The summed E-state index contributed by atoms with van der Waals surface area (Å²) in [4.78, 5) is 11.3. The van der Waals surface area contributed by atoms with Gasteiger partial charge in [-0.3, -0.25) is 0 Å². The molecule has 1 rings (SSSR count). The number of alkyl halides is 3. The van der Waals surface area contributed by atoms with Crippen molar-refractivity contribution in [3.05, 3.63) is 29.8 Å². The Labute approximate surface area is 113 Å². The molecule has 112 valence electrons. The van der Waals surface area contributed by atoms with Gasteiger partial charge in [-0.1, -0.05) is 0 Å². The highest BCUT2D eigenvalue weighted by molar-refractivity contribution is 7.89. The topological polar surface area (TPSA) is 101 Å². The fourth-order valence-corrected chi connectivity index (χ4v) is 1.61. The van der Waals surface area contributed by atoms with E-state index in [-0.39, 0.29) is 12.2 Å². The minimum atomic E-state index is -4.45. The molecule has 0 bridgehead atoms. The number of urea groups is 1. The van der Waals surface area contributed by atoms with Crippen molar-refractivity contribution in [3.63, 3.8) is 0 Å². The maximum absolute atomic E-state index is 12.3. The third-order valence-electron chi connectivity index (χ3n) is 2.14. The molecule has 0 atom stereocenters. The molecule has 0 spiro atoms. The van der Waals surface area contributed by atoms with Crippen molar-refractivity contribution < 1.29 is 26.4 Å². The highest BCUT2D eigenvalue weighted by Crippen LogP contribution is 2.29. The van der Waals surface area contributed by atoms with Crippen molar-refractivity contribution in [1.29, 1.82) is 0 Å². The number of hydrogen-bond donors (Lipinski definition) is 3. The number of sulfonamides is 1. The lowest BCUT2D eigenvalue weighted by Gasteiger charge is -2.09. The number of benzene rings is 1. The molecule has 4 N–H and O–H groups in total. The van der Waals surface area contributed by atoms with Gasteiger partial charge < -0.3 is 10.6 Å². The molecule has 0 aliphatic heterocycles. The molecule has 0 aliphatic carbocycles. The molecule has 6 nitrogen and oxygen atoms in total.